The van der Waals surface area contributed by atoms with Gasteiger partial charge in [0.15, 0.2) is 0 Å². The minimum atomic E-state index is -0.893. The molecule has 0 saturated carbocycles. The van der Waals surface area contributed by atoms with E-state index in [0.717, 1.165) is 43.8 Å². The maximum Gasteiger partial charge on any atom is 0.407 e. The number of nitrogens with one attached hydrogen (secondary N) is 1. The lowest BCUT2D eigenvalue weighted by Gasteiger charge is -2.43. The number of amides is 1. The molecule has 5 rings (SSSR count). The molecule has 3 saturated heterocycles. The summed E-state index contributed by atoms with van der Waals surface area (Å²) < 4.78 is 11.4. The van der Waals surface area contributed by atoms with Gasteiger partial charge in [0, 0.05) is 13.1 Å². The molecule has 3 N–H and O–H groups in total. The number of ether oxygens (including phenoxy) is 2. The third kappa shape index (κ3) is 9.13. The van der Waals surface area contributed by atoms with E-state index in [2.05, 4.69) is 24.1 Å². The largest absolute Gasteiger partial charge is 0.508 e. The smallest absolute Gasteiger partial charge is 0.407 e. The zero-order valence-electron chi connectivity index (χ0n) is 20.5. The van der Waals surface area contributed by atoms with Crippen LogP contribution in [0.5, 0.6) is 11.5 Å². The van der Waals surface area contributed by atoms with Crippen LogP contribution in [0.25, 0.3) is 0 Å². The lowest BCUT2D eigenvalue weighted by atomic mass is 9.86. The summed E-state index contributed by atoms with van der Waals surface area (Å²) in [5.74, 6) is 1.07. The van der Waals surface area contributed by atoms with E-state index in [-0.39, 0.29) is 24.4 Å². The Kier molecular flexibility index (Phi) is 9.78. The van der Waals surface area contributed by atoms with Crippen LogP contribution in [0.3, 0.4) is 0 Å². The lowest BCUT2D eigenvalue weighted by Crippen LogP contribution is -2.52. The molecule has 1 amide bonds. The fourth-order valence-electron chi connectivity index (χ4n) is 4.25. The average Bonchev–Trinajstić information content (AvgIpc) is 2.83. The van der Waals surface area contributed by atoms with Crippen molar-refractivity contribution in [2.24, 2.45) is 11.8 Å². The van der Waals surface area contributed by atoms with E-state index in [9.17, 15) is 9.59 Å². The molecular formula is C27H36N2O6. The van der Waals surface area contributed by atoms with Crippen molar-refractivity contribution >= 4 is 12.1 Å². The zero-order chi connectivity index (χ0) is 25.2. The maximum atomic E-state index is 12.1. The van der Waals surface area contributed by atoms with Gasteiger partial charge >= 0.3 is 12.1 Å². The van der Waals surface area contributed by atoms with E-state index in [1.807, 2.05) is 24.3 Å². The molecule has 3 aliphatic rings. The predicted octanol–water partition coefficient (Wildman–Crippen LogP) is 4.06. The monoisotopic (exact) mass is 484 g/mol. The van der Waals surface area contributed by atoms with Crippen molar-refractivity contribution in [1.82, 2.24) is 10.2 Å². The van der Waals surface area contributed by atoms with Gasteiger partial charge in [-0.2, -0.15) is 0 Å². The van der Waals surface area contributed by atoms with Crippen LogP contribution in [0.2, 0.25) is 0 Å². The molecule has 8 nitrogen and oxygen atoms in total. The van der Waals surface area contributed by atoms with Gasteiger partial charge in [-0.1, -0.05) is 38.1 Å². The molecule has 2 aromatic carbocycles. The molecule has 1 atom stereocenters. The number of piperidine rings is 3. The minimum Gasteiger partial charge on any atom is -0.508 e. The Balaban J connectivity index is 0.000000261. The van der Waals surface area contributed by atoms with E-state index in [4.69, 9.17) is 19.7 Å². The molecule has 35 heavy (non-hydrogen) atoms. The quantitative estimate of drug-likeness (QED) is 0.518. The molecule has 0 radical (unpaired) electrons. The number of carboxylic acids is 1. The summed E-state index contributed by atoms with van der Waals surface area (Å²) >= 11 is 0. The summed E-state index contributed by atoms with van der Waals surface area (Å²) in [6, 6.07) is 14.1. The number of hydrogen-bond donors (Lipinski definition) is 3. The number of alkyl carbamates (subject to hydrolysis) is 1. The number of rotatable bonds is 8. The Labute approximate surface area is 206 Å². The first-order chi connectivity index (χ1) is 16.8. The minimum absolute atomic E-state index is 0.0472. The Hall–Kier alpha value is -3.26. The van der Waals surface area contributed by atoms with Gasteiger partial charge in [-0.05, 0) is 73.2 Å². The van der Waals surface area contributed by atoms with Crippen LogP contribution in [0.4, 0.5) is 4.79 Å². The van der Waals surface area contributed by atoms with Gasteiger partial charge in [0.2, 0.25) is 0 Å². The summed E-state index contributed by atoms with van der Waals surface area (Å²) in [5, 5.41) is 20.2. The third-order valence-corrected chi connectivity index (χ3v) is 6.04. The number of phenols is 1. The number of fused-ring (bicyclic) bond motifs is 3. The molecule has 3 aliphatic heterocycles. The van der Waals surface area contributed by atoms with Gasteiger partial charge in [0.05, 0.1) is 13.0 Å². The van der Waals surface area contributed by atoms with Crippen molar-refractivity contribution in [3.63, 3.8) is 0 Å². The topological polar surface area (TPSA) is 108 Å². The highest BCUT2D eigenvalue weighted by atomic mass is 16.6. The highest BCUT2D eigenvalue weighted by Crippen LogP contribution is 2.29. The first-order valence-corrected chi connectivity index (χ1v) is 12.2. The molecular weight excluding hydrogens is 448 g/mol. The predicted molar refractivity (Wildman–Crippen MR) is 132 cm³/mol. The Morgan fingerprint density at radius 1 is 1.09 bits per heavy atom. The molecule has 0 aliphatic carbocycles. The molecule has 190 valence electrons. The van der Waals surface area contributed by atoms with E-state index in [0.29, 0.717) is 30.6 Å². The molecule has 2 aromatic rings. The summed E-state index contributed by atoms with van der Waals surface area (Å²) in [4.78, 5) is 24.7. The average molecular weight is 485 g/mol. The summed E-state index contributed by atoms with van der Waals surface area (Å²) in [5.41, 5.74) is 1.62. The molecule has 1 unspecified atom stereocenters. The SMILES string of the molecule is CC(C)COc1cccc(CNC(=O)OC2CN3CCC2CC3)c1.O=C(O)Cc1cccc(O)c1. The number of aromatic hydroxyl groups is 1. The molecule has 0 spiro atoms. The van der Waals surface area contributed by atoms with Crippen molar-refractivity contribution in [3.05, 3.63) is 59.7 Å². The third-order valence-electron chi connectivity index (χ3n) is 6.04. The molecule has 3 fully saturated rings. The highest BCUT2D eigenvalue weighted by Gasteiger charge is 2.36. The Bertz CT molecular complexity index is 972. The highest BCUT2D eigenvalue weighted by molar-refractivity contribution is 5.70. The molecule has 3 heterocycles. The molecule has 8 heteroatoms. The standard InChI is InChI=1S/C19H28N2O3.C8H8O3/c1-14(2)13-23-17-5-3-4-15(10-17)11-20-19(22)24-18-12-21-8-6-16(18)7-9-21;9-7-3-1-2-6(4-7)5-8(10)11/h3-5,10,14,16,18H,6-9,11-13H2,1-2H3,(H,20,22);1-4,9H,5H2,(H,10,11). The second-order valence-electron chi connectivity index (χ2n) is 9.53. The number of carboxylic acid groups (broad SMARTS) is 1. The number of nitrogens with zero attached hydrogens (tertiary/aromatic N) is 1. The number of carbonyl (C=O) groups is 2. The molecule has 2 bridgehead atoms. The summed E-state index contributed by atoms with van der Waals surface area (Å²) in [6.07, 6.45) is 1.98. The number of carbonyl (C=O) groups excluding carboxylic acids is 1. The van der Waals surface area contributed by atoms with E-state index in [1.165, 1.54) is 12.1 Å². The van der Waals surface area contributed by atoms with Gasteiger partial charge in [-0.25, -0.2) is 4.79 Å². The summed E-state index contributed by atoms with van der Waals surface area (Å²) in [6.45, 7) is 8.57. The van der Waals surface area contributed by atoms with Crippen molar-refractivity contribution < 1.29 is 29.3 Å². The fourth-order valence-corrected chi connectivity index (χ4v) is 4.25. The lowest BCUT2D eigenvalue weighted by molar-refractivity contribution is -0.136. The second kappa shape index (κ2) is 13.0. The van der Waals surface area contributed by atoms with Crippen molar-refractivity contribution in [1.29, 1.82) is 0 Å². The maximum absolute atomic E-state index is 12.1. The van der Waals surface area contributed by atoms with Gasteiger partial charge < -0.3 is 25.0 Å². The number of phenolic OH excluding ortho intramolecular Hbond substituents is 1. The van der Waals surface area contributed by atoms with Gasteiger partial charge in [0.25, 0.3) is 0 Å². The van der Waals surface area contributed by atoms with Crippen LogP contribution < -0.4 is 10.1 Å². The van der Waals surface area contributed by atoms with Gasteiger partial charge in [0.1, 0.15) is 17.6 Å². The molecule has 0 aromatic heterocycles. The van der Waals surface area contributed by atoms with Crippen LogP contribution in [0.15, 0.2) is 48.5 Å². The van der Waals surface area contributed by atoms with Gasteiger partial charge in [-0.15, -0.1) is 0 Å². The zero-order valence-corrected chi connectivity index (χ0v) is 20.5. The van der Waals surface area contributed by atoms with E-state index >= 15 is 0 Å². The van der Waals surface area contributed by atoms with E-state index in [1.54, 1.807) is 12.1 Å². The summed E-state index contributed by atoms with van der Waals surface area (Å²) in [7, 11) is 0. The second-order valence-corrected chi connectivity index (χ2v) is 9.53. The number of benzene rings is 2. The normalized spacial score (nSPS) is 20.5. The van der Waals surface area contributed by atoms with Crippen LogP contribution in [0, 0.1) is 11.8 Å². The van der Waals surface area contributed by atoms with Crippen molar-refractivity contribution in [2.45, 2.75) is 45.8 Å². The first-order valence-electron chi connectivity index (χ1n) is 12.2. The van der Waals surface area contributed by atoms with Crippen molar-refractivity contribution in [2.75, 3.05) is 26.2 Å². The number of aliphatic carboxylic acids is 1. The Morgan fingerprint density at radius 2 is 1.80 bits per heavy atom. The van der Waals surface area contributed by atoms with E-state index < -0.39 is 5.97 Å². The van der Waals surface area contributed by atoms with Crippen LogP contribution >= 0.6 is 0 Å². The van der Waals surface area contributed by atoms with Crippen LogP contribution in [-0.4, -0.2) is 59.5 Å². The van der Waals surface area contributed by atoms with Crippen LogP contribution in [0.1, 0.15) is 37.8 Å². The first kappa shape index (κ1) is 26.3. The van der Waals surface area contributed by atoms with Crippen LogP contribution in [-0.2, 0) is 22.5 Å². The van der Waals surface area contributed by atoms with Gasteiger partial charge in [-0.3, -0.25) is 9.69 Å². The fraction of sp³-hybridized carbons (Fsp3) is 0.481. The Morgan fingerprint density at radius 3 is 2.43 bits per heavy atom. The number of hydrogen-bond acceptors (Lipinski definition) is 6. The van der Waals surface area contributed by atoms with Crippen molar-refractivity contribution in [3.8, 4) is 11.5 Å².